The summed E-state index contributed by atoms with van der Waals surface area (Å²) in [5.41, 5.74) is 9.89. The van der Waals surface area contributed by atoms with Crippen LogP contribution in [-0.4, -0.2) is 49.0 Å². The number of hydrogen-bond acceptors (Lipinski definition) is 6. The smallest absolute Gasteiger partial charge is 0.335 e. The SMILES string of the molecule is Cn1cncc1-c1cc(/C=N/N(CCC(C)(C)O)C(N)=O)c2cc(CCC#N)c(CI)cc2n1. The Labute approximate surface area is 212 Å². The molecule has 178 valence electrons. The van der Waals surface area contributed by atoms with Crippen molar-refractivity contribution in [3.63, 3.8) is 0 Å². The number of pyridine rings is 1. The van der Waals surface area contributed by atoms with E-state index in [0.717, 1.165) is 48.4 Å². The van der Waals surface area contributed by atoms with E-state index in [1.165, 1.54) is 0 Å². The second kappa shape index (κ2) is 10.9. The summed E-state index contributed by atoms with van der Waals surface area (Å²) >= 11 is 2.31. The molecule has 2 heterocycles. The molecule has 0 spiro atoms. The van der Waals surface area contributed by atoms with Crippen LogP contribution in [0.1, 0.15) is 43.4 Å². The van der Waals surface area contributed by atoms with Crippen molar-refractivity contribution in [2.24, 2.45) is 17.9 Å². The molecule has 0 saturated heterocycles. The van der Waals surface area contributed by atoms with Crippen LogP contribution in [0.15, 0.2) is 35.8 Å². The Bertz CT molecular complexity index is 1250. The predicted octanol–water partition coefficient (Wildman–Crippen LogP) is 3.90. The van der Waals surface area contributed by atoms with E-state index in [1.54, 1.807) is 32.6 Å². The number of carbonyl (C=O) groups is 1. The number of nitriles is 1. The van der Waals surface area contributed by atoms with Gasteiger partial charge < -0.3 is 15.4 Å². The number of aryl methyl sites for hydroxylation is 2. The summed E-state index contributed by atoms with van der Waals surface area (Å²) in [5.74, 6) is 0. The molecule has 3 aromatic rings. The fourth-order valence-corrected chi connectivity index (χ4v) is 4.22. The molecule has 1 aromatic carbocycles. The van der Waals surface area contributed by atoms with Gasteiger partial charge in [-0.05, 0) is 56.0 Å². The van der Waals surface area contributed by atoms with Crippen molar-refractivity contribution in [1.29, 1.82) is 5.26 Å². The molecule has 0 fully saturated rings. The number of fused-ring (bicyclic) bond motifs is 1. The van der Waals surface area contributed by atoms with Gasteiger partial charge in [0.25, 0.3) is 0 Å². The van der Waals surface area contributed by atoms with E-state index in [0.29, 0.717) is 19.3 Å². The van der Waals surface area contributed by atoms with E-state index in [-0.39, 0.29) is 6.54 Å². The summed E-state index contributed by atoms with van der Waals surface area (Å²) in [6.07, 6.45) is 6.43. The number of nitrogens with two attached hydrogens (primary N) is 1. The van der Waals surface area contributed by atoms with Crippen LogP contribution >= 0.6 is 22.6 Å². The summed E-state index contributed by atoms with van der Waals surface area (Å²) in [6.45, 7) is 3.51. The number of aliphatic hydroxyl groups is 1. The highest BCUT2D eigenvalue weighted by Crippen LogP contribution is 2.28. The van der Waals surface area contributed by atoms with Gasteiger partial charge in [-0.15, -0.1) is 0 Å². The minimum absolute atomic E-state index is 0.180. The number of primary amides is 1. The number of alkyl halides is 1. The van der Waals surface area contributed by atoms with Crippen LogP contribution < -0.4 is 5.73 Å². The second-order valence-corrected chi connectivity index (χ2v) is 9.45. The molecule has 2 amide bonds. The van der Waals surface area contributed by atoms with Gasteiger partial charge >= 0.3 is 6.03 Å². The molecule has 0 radical (unpaired) electrons. The van der Waals surface area contributed by atoms with Crippen LogP contribution in [0, 0.1) is 11.3 Å². The van der Waals surface area contributed by atoms with Gasteiger partial charge in [-0.3, -0.25) is 0 Å². The number of urea groups is 1. The Morgan fingerprint density at radius 2 is 2.15 bits per heavy atom. The highest BCUT2D eigenvalue weighted by molar-refractivity contribution is 14.1. The van der Waals surface area contributed by atoms with E-state index in [2.05, 4.69) is 38.7 Å². The number of hydrogen-bond donors (Lipinski definition) is 2. The zero-order valence-corrected chi connectivity index (χ0v) is 21.7. The maximum atomic E-state index is 12.0. The number of rotatable bonds is 9. The summed E-state index contributed by atoms with van der Waals surface area (Å²) < 4.78 is 2.68. The molecule has 0 bridgehead atoms. The summed E-state index contributed by atoms with van der Waals surface area (Å²) in [4.78, 5) is 21.0. The van der Waals surface area contributed by atoms with Crippen molar-refractivity contribution in [2.75, 3.05) is 6.54 Å². The molecule has 9 nitrogen and oxygen atoms in total. The number of amides is 2. The molecule has 0 aliphatic rings. The molecular weight excluding hydrogens is 545 g/mol. The fraction of sp³-hybridized carbons (Fsp3) is 0.375. The number of imidazole rings is 1. The first-order valence-electron chi connectivity index (χ1n) is 10.8. The third kappa shape index (κ3) is 6.30. The zero-order valence-electron chi connectivity index (χ0n) is 19.5. The van der Waals surface area contributed by atoms with Gasteiger partial charge in [0.05, 0.1) is 47.3 Å². The van der Waals surface area contributed by atoms with Gasteiger partial charge in [0, 0.05) is 35.4 Å². The lowest BCUT2D eigenvalue weighted by atomic mass is 9.98. The van der Waals surface area contributed by atoms with Crippen LogP contribution in [-0.2, 0) is 17.9 Å². The maximum absolute atomic E-state index is 12.0. The van der Waals surface area contributed by atoms with Crippen LogP contribution in [0.4, 0.5) is 4.79 Å². The van der Waals surface area contributed by atoms with Crippen LogP contribution in [0.3, 0.4) is 0 Å². The molecule has 0 saturated carbocycles. The number of aromatic nitrogens is 3. The first-order valence-corrected chi connectivity index (χ1v) is 12.3. The van der Waals surface area contributed by atoms with Crippen molar-refractivity contribution in [2.45, 2.75) is 43.1 Å². The highest BCUT2D eigenvalue weighted by Gasteiger charge is 2.17. The zero-order chi connectivity index (χ0) is 24.9. The molecule has 34 heavy (non-hydrogen) atoms. The number of hydrazone groups is 1. The average Bonchev–Trinajstić information content (AvgIpc) is 3.21. The first-order chi connectivity index (χ1) is 16.1. The Morgan fingerprint density at radius 1 is 1.38 bits per heavy atom. The summed E-state index contributed by atoms with van der Waals surface area (Å²) in [7, 11) is 1.90. The third-order valence-corrected chi connectivity index (χ3v) is 6.24. The van der Waals surface area contributed by atoms with E-state index in [9.17, 15) is 9.90 Å². The van der Waals surface area contributed by atoms with Crippen LogP contribution in [0.25, 0.3) is 22.3 Å². The highest BCUT2D eigenvalue weighted by atomic mass is 127. The van der Waals surface area contributed by atoms with Gasteiger partial charge in [-0.25, -0.2) is 19.8 Å². The lowest BCUT2D eigenvalue weighted by molar-refractivity contribution is 0.0624. The van der Waals surface area contributed by atoms with Crippen molar-refractivity contribution < 1.29 is 9.90 Å². The Morgan fingerprint density at radius 3 is 2.74 bits per heavy atom. The summed E-state index contributed by atoms with van der Waals surface area (Å²) in [6, 6.07) is 7.50. The quantitative estimate of drug-likeness (QED) is 0.173. The van der Waals surface area contributed by atoms with Crippen molar-refractivity contribution in [3.8, 4) is 17.5 Å². The van der Waals surface area contributed by atoms with Crippen molar-refractivity contribution >= 4 is 45.7 Å². The predicted molar refractivity (Wildman–Crippen MR) is 140 cm³/mol. The molecule has 3 rings (SSSR count). The largest absolute Gasteiger partial charge is 0.390 e. The molecule has 0 aliphatic heterocycles. The molecular formula is C24H28IN7O2. The average molecular weight is 573 g/mol. The molecule has 2 aromatic heterocycles. The van der Waals surface area contributed by atoms with Gasteiger partial charge in [0.1, 0.15) is 0 Å². The van der Waals surface area contributed by atoms with E-state index in [4.69, 9.17) is 16.0 Å². The Hall–Kier alpha value is -3.04. The molecule has 3 N–H and O–H groups in total. The second-order valence-electron chi connectivity index (χ2n) is 8.68. The summed E-state index contributed by atoms with van der Waals surface area (Å²) in [5, 5.41) is 25.4. The Kier molecular flexibility index (Phi) is 8.22. The van der Waals surface area contributed by atoms with Gasteiger partial charge in [0.2, 0.25) is 0 Å². The number of benzene rings is 1. The Balaban J connectivity index is 2.14. The molecule has 10 heteroatoms. The third-order valence-electron chi connectivity index (χ3n) is 5.42. The standard InChI is InChI=1S/C24H28IN7O2/c1-24(2,34)6-8-32(23(27)33)29-13-18-11-21(22-14-28-15-31(22)3)30-20-10-17(12-25)16(5-4-7-26)9-19(18)20/h9-11,13-15,34H,4-6,8,12H2,1-3H3,(H2,27,33)/b29-13+. The molecule has 0 atom stereocenters. The number of nitrogens with zero attached hydrogens (tertiary/aromatic N) is 6. The van der Waals surface area contributed by atoms with Gasteiger partial charge in [0.15, 0.2) is 0 Å². The minimum atomic E-state index is -0.954. The van der Waals surface area contributed by atoms with Crippen LogP contribution in [0.5, 0.6) is 0 Å². The number of carbonyl (C=O) groups excluding carboxylic acids is 1. The molecule has 0 aliphatic carbocycles. The van der Waals surface area contributed by atoms with Gasteiger partial charge in [-0.2, -0.15) is 10.4 Å². The monoisotopic (exact) mass is 573 g/mol. The lowest BCUT2D eigenvalue weighted by Gasteiger charge is -2.21. The normalized spacial score (nSPS) is 11.8. The fourth-order valence-electron chi connectivity index (χ4n) is 3.51. The van der Waals surface area contributed by atoms with E-state index >= 15 is 0 Å². The lowest BCUT2D eigenvalue weighted by Crippen LogP contribution is -2.35. The number of halogens is 1. The van der Waals surface area contributed by atoms with Crippen molar-refractivity contribution in [1.82, 2.24) is 19.5 Å². The first kappa shape index (κ1) is 25.6. The van der Waals surface area contributed by atoms with E-state index in [1.807, 2.05) is 29.8 Å². The maximum Gasteiger partial charge on any atom is 0.335 e. The van der Waals surface area contributed by atoms with Crippen molar-refractivity contribution in [3.05, 3.63) is 47.4 Å². The van der Waals surface area contributed by atoms with E-state index < -0.39 is 11.6 Å². The topological polar surface area (TPSA) is 133 Å². The minimum Gasteiger partial charge on any atom is -0.390 e. The van der Waals surface area contributed by atoms with Gasteiger partial charge in [-0.1, -0.05) is 22.6 Å². The van der Waals surface area contributed by atoms with Crippen LogP contribution in [0.2, 0.25) is 0 Å². The molecule has 0 unspecified atom stereocenters.